The van der Waals surface area contributed by atoms with E-state index in [2.05, 4.69) is 68.3 Å². The fraction of sp³-hybridized carbons (Fsp3) is 0.500. The molecule has 3 rings (SSSR count). The van der Waals surface area contributed by atoms with Crippen LogP contribution in [0.25, 0.3) is 0 Å². The molecule has 0 radical (unpaired) electrons. The van der Waals surface area contributed by atoms with Crippen molar-refractivity contribution in [1.29, 1.82) is 0 Å². The number of morpholine rings is 1. The summed E-state index contributed by atoms with van der Waals surface area (Å²) in [7, 11) is 3.76. The second kappa shape index (κ2) is 8.44. The molecule has 1 saturated heterocycles. The maximum Gasteiger partial charge on any atom is 0.193 e. The molecule has 0 aliphatic carbocycles. The number of rotatable bonds is 4. The van der Waals surface area contributed by atoms with Gasteiger partial charge in [-0.15, -0.1) is 0 Å². The SMILES string of the molecule is CN=C(NCC(C)(C)c1ccccc1Br)N1CCOC(c2cnn(C)c2)C1. The molecule has 1 aromatic heterocycles. The lowest BCUT2D eigenvalue weighted by atomic mass is 9.84. The normalized spacial score (nSPS) is 18.6. The molecule has 2 aromatic rings. The van der Waals surface area contributed by atoms with Crippen molar-refractivity contribution >= 4 is 21.9 Å². The summed E-state index contributed by atoms with van der Waals surface area (Å²) in [5.74, 6) is 0.910. The molecule has 1 aliphatic heterocycles. The molecule has 1 aliphatic rings. The van der Waals surface area contributed by atoms with E-state index in [1.807, 2.05) is 37.2 Å². The second-order valence-corrected chi connectivity index (χ2v) is 8.37. The van der Waals surface area contributed by atoms with Crippen LogP contribution in [0.2, 0.25) is 0 Å². The maximum atomic E-state index is 5.95. The van der Waals surface area contributed by atoms with Crippen LogP contribution in [-0.2, 0) is 17.2 Å². The van der Waals surface area contributed by atoms with Crippen LogP contribution in [0.5, 0.6) is 0 Å². The Morgan fingerprint density at radius 2 is 2.19 bits per heavy atom. The first-order valence-electron chi connectivity index (χ1n) is 9.21. The molecule has 27 heavy (non-hydrogen) atoms. The molecule has 6 nitrogen and oxygen atoms in total. The minimum absolute atomic E-state index is 0.0160. The lowest BCUT2D eigenvalue weighted by molar-refractivity contribution is -0.00808. The van der Waals surface area contributed by atoms with Gasteiger partial charge in [-0.2, -0.15) is 5.10 Å². The van der Waals surface area contributed by atoms with E-state index in [4.69, 9.17) is 4.74 Å². The van der Waals surface area contributed by atoms with Crippen LogP contribution in [0.1, 0.15) is 31.1 Å². The van der Waals surface area contributed by atoms with Gasteiger partial charge in [0.15, 0.2) is 5.96 Å². The number of nitrogens with one attached hydrogen (secondary N) is 1. The predicted octanol–water partition coefficient (Wildman–Crippen LogP) is 3.11. The van der Waals surface area contributed by atoms with E-state index in [1.54, 1.807) is 0 Å². The lowest BCUT2D eigenvalue weighted by Gasteiger charge is -2.36. The Morgan fingerprint density at radius 3 is 2.85 bits per heavy atom. The first kappa shape index (κ1) is 19.9. The summed E-state index contributed by atoms with van der Waals surface area (Å²) >= 11 is 3.68. The molecule has 2 heterocycles. The minimum Gasteiger partial charge on any atom is -0.370 e. The highest BCUT2D eigenvalue weighted by Crippen LogP contribution is 2.29. The van der Waals surface area contributed by atoms with Crippen LogP contribution < -0.4 is 5.32 Å². The van der Waals surface area contributed by atoms with Crippen molar-refractivity contribution in [2.45, 2.75) is 25.4 Å². The van der Waals surface area contributed by atoms with E-state index >= 15 is 0 Å². The third-order valence-corrected chi connectivity index (χ3v) is 5.66. The molecule has 146 valence electrons. The van der Waals surface area contributed by atoms with Gasteiger partial charge in [0.2, 0.25) is 0 Å². The van der Waals surface area contributed by atoms with Crippen molar-refractivity contribution in [3.05, 3.63) is 52.3 Å². The van der Waals surface area contributed by atoms with E-state index in [1.165, 1.54) is 5.56 Å². The fourth-order valence-corrected chi connectivity index (χ4v) is 4.21. The number of hydrogen-bond acceptors (Lipinski definition) is 3. The van der Waals surface area contributed by atoms with Crippen molar-refractivity contribution < 1.29 is 4.74 Å². The highest BCUT2D eigenvalue weighted by atomic mass is 79.9. The molecule has 0 saturated carbocycles. The van der Waals surface area contributed by atoms with E-state index in [-0.39, 0.29) is 11.5 Å². The highest BCUT2D eigenvalue weighted by molar-refractivity contribution is 9.10. The van der Waals surface area contributed by atoms with Crippen LogP contribution in [0.15, 0.2) is 46.1 Å². The Balaban J connectivity index is 1.66. The van der Waals surface area contributed by atoms with E-state index in [9.17, 15) is 0 Å². The van der Waals surface area contributed by atoms with Crippen molar-refractivity contribution in [3.63, 3.8) is 0 Å². The van der Waals surface area contributed by atoms with Gasteiger partial charge >= 0.3 is 0 Å². The smallest absolute Gasteiger partial charge is 0.193 e. The van der Waals surface area contributed by atoms with Gasteiger partial charge in [-0.1, -0.05) is 48.0 Å². The van der Waals surface area contributed by atoms with Gasteiger partial charge in [-0.05, 0) is 11.6 Å². The average molecular weight is 434 g/mol. The summed E-state index contributed by atoms with van der Waals surface area (Å²) in [6, 6.07) is 8.38. The van der Waals surface area contributed by atoms with Crippen LogP contribution in [-0.4, -0.2) is 53.9 Å². The fourth-order valence-electron chi connectivity index (χ4n) is 3.39. The number of guanidine groups is 1. The number of aromatic nitrogens is 2. The van der Waals surface area contributed by atoms with Crippen LogP contribution in [0.3, 0.4) is 0 Å². The Labute approximate surface area is 169 Å². The van der Waals surface area contributed by atoms with Gasteiger partial charge in [0.25, 0.3) is 0 Å². The van der Waals surface area contributed by atoms with Gasteiger partial charge in [0.1, 0.15) is 6.10 Å². The molecule has 1 atom stereocenters. The Bertz CT molecular complexity index is 801. The highest BCUT2D eigenvalue weighted by Gasteiger charge is 2.27. The molecule has 1 N–H and O–H groups in total. The molecule has 7 heteroatoms. The van der Waals surface area contributed by atoms with Crippen LogP contribution in [0, 0.1) is 0 Å². The maximum absolute atomic E-state index is 5.95. The first-order valence-corrected chi connectivity index (χ1v) is 10.0. The summed E-state index contributed by atoms with van der Waals surface area (Å²) in [6.07, 6.45) is 3.91. The van der Waals surface area contributed by atoms with Gasteiger partial charge < -0.3 is 15.0 Å². The number of aryl methyl sites for hydroxylation is 1. The third kappa shape index (κ3) is 4.71. The quantitative estimate of drug-likeness (QED) is 0.594. The molecule has 1 unspecified atom stereocenters. The number of ether oxygens (including phenoxy) is 1. The Hall–Kier alpha value is -1.86. The monoisotopic (exact) mass is 433 g/mol. The van der Waals surface area contributed by atoms with Gasteiger partial charge in [0.05, 0.1) is 19.3 Å². The zero-order valence-electron chi connectivity index (χ0n) is 16.4. The summed E-state index contributed by atoms with van der Waals surface area (Å²) in [5, 5.41) is 7.82. The molecule has 0 spiro atoms. The van der Waals surface area contributed by atoms with Crippen LogP contribution >= 0.6 is 15.9 Å². The van der Waals surface area contributed by atoms with Crippen LogP contribution in [0.4, 0.5) is 0 Å². The number of hydrogen-bond donors (Lipinski definition) is 1. The van der Waals surface area contributed by atoms with E-state index in [0.29, 0.717) is 6.61 Å². The third-order valence-electron chi connectivity index (χ3n) is 4.97. The average Bonchev–Trinajstić information content (AvgIpc) is 3.09. The summed E-state index contributed by atoms with van der Waals surface area (Å²) < 4.78 is 8.89. The topological polar surface area (TPSA) is 54.7 Å². The summed E-state index contributed by atoms with van der Waals surface area (Å²) in [4.78, 5) is 6.77. The minimum atomic E-state index is -0.0366. The molecule has 0 bridgehead atoms. The summed E-state index contributed by atoms with van der Waals surface area (Å²) in [5.41, 5.74) is 2.35. The van der Waals surface area contributed by atoms with E-state index < -0.39 is 0 Å². The van der Waals surface area contributed by atoms with Gasteiger partial charge in [-0.3, -0.25) is 9.67 Å². The Kier molecular flexibility index (Phi) is 6.22. The molecule has 0 amide bonds. The first-order chi connectivity index (χ1) is 12.9. The molecule has 1 aromatic carbocycles. The van der Waals surface area contributed by atoms with E-state index in [0.717, 1.165) is 35.6 Å². The van der Waals surface area contributed by atoms with Crippen molar-refractivity contribution in [2.24, 2.45) is 12.0 Å². The number of halogens is 1. The Morgan fingerprint density at radius 1 is 1.41 bits per heavy atom. The molecule has 1 fully saturated rings. The van der Waals surface area contributed by atoms with Crippen molar-refractivity contribution in [1.82, 2.24) is 20.0 Å². The van der Waals surface area contributed by atoms with Crippen molar-refractivity contribution in [2.75, 3.05) is 33.3 Å². The lowest BCUT2D eigenvalue weighted by Crippen LogP contribution is -2.50. The largest absolute Gasteiger partial charge is 0.370 e. The zero-order valence-corrected chi connectivity index (χ0v) is 18.0. The number of benzene rings is 1. The van der Waals surface area contributed by atoms with Gasteiger partial charge in [0, 0.05) is 48.8 Å². The predicted molar refractivity (Wildman–Crippen MR) is 112 cm³/mol. The molecular weight excluding hydrogens is 406 g/mol. The van der Waals surface area contributed by atoms with Crippen molar-refractivity contribution in [3.8, 4) is 0 Å². The zero-order chi connectivity index (χ0) is 19.4. The second-order valence-electron chi connectivity index (χ2n) is 7.52. The summed E-state index contributed by atoms with van der Waals surface area (Å²) in [6.45, 7) is 7.54. The standard InChI is InChI=1S/C20H28BrN5O/c1-20(2,16-7-5-6-8-17(16)21)14-23-19(22-3)26-9-10-27-18(13-26)15-11-24-25(4)12-15/h5-8,11-12,18H,9-10,13-14H2,1-4H3,(H,22,23). The van der Waals surface area contributed by atoms with Gasteiger partial charge in [-0.25, -0.2) is 0 Å². The molecular formula is C20H28BrN5O. The number of aliphatic imine (C=N–C) groups is 1. The number of nitrogens with zero attached hydrogens (tertiary/aromatic N) is 4.